The highest BCUT2D eigenvalue weighted by molar-refractivity contribution is 6.31. The highest BCUT2D eigenvalue weighted by atomic mass is 19.4. The molecule has 2 aromatic rings. The molecule has 2 atom stereocenters. The summed E-state index contributed by atoms with van der Waals surface area (Å²) in [7, 11) is 0. The number of ether oxygens (including phenoxy) is 1. The number of aliphatic hydroxyl groups excluding tert-OH is 1. The maximum Gasteiger partial charge on any atom is 0.573 e. The molecule has 1 aliphatic carbocycles. The minimum absolute atomic E-state index is 0.0949. The van der Waals surface area contributed by atoms with Crippen molar-refractivity contribution in [1.29, 1.82) is 0 Å². The van der Waals surface area contributed by atoms with Gasteiger partial charge in [-0.1, -0.05) is 6.92 Å². The monoisotopic (exact) mass is 407 g/mol. The maximum atomic E-state index is 13.2. The predicted molar refractivity (Wildman–Crippen MR) is 95.2 cm³/mol. The Morgan fingerprint density at radius 1 is 1.21 bits per heavy atom. The van der Waals surface area contributed by atoms with Gasteiger partial charge in [0.2, 0.25) is 0 Å². The van der Waals surface area contributed by atoms with E-state index in [-0.39, 0.29) is 18.2 Å². The Morgan fingerprint density at radius 3 is 2.41 bits per heavy atom. The molecule has 7 nitrogen and oxygen atoms in total. The van der Waals surface area contributed by atoms with Gasteiger partial charge in [0.1, 0.15) is 11.3 Å². The van der Waals surface area contributed by atoms with Gasteiger partial charge >= 0.3 is 12.4 Å². The van der Waals surface area contributed by atoms with E-state index >= 15 is 0 Å². The van der Waals surface area contributed by atoms with E-state index in [1.54, 1.807) is 6.07 Å². The third kappa shape index (κ3) is 3.09. The summed E-state index contributed by atoms with van der Waals surface area (Å²) in [6.45, 7) is 1.52. The minimum Gasteiger partial charge on any atom is -0.406 e. The number of hydrogen-bond acceptors (Lipinski definition) is 5. The average Bonchev–Trinajstić information content (AvgIpc) is 3.27. The third-order valence-electron chi connectivity index (χ3n) is 5.18. The number of carbonyl (C=O) groups is 2. The maximum absolute atomic E-state index is 13.2. The normalized spacial score (nSPS) is 23.8. The second-order valence-electron chi connectivity index (χ2n) is 6.99. The molecule has 0 bridgehead atoms. The first-order valence-corrected chi connectivity index (χ1v) is 8.78. The standard InChI is InChI=1S/C19H16F3N3O4/c1-11-9-18(11)16(27)24(13-2-4-15(5-3-13)29-19(20,21)22)17(28)25(18)14-6-7-23-12(8-14)10-26/h2-8,11,26H,9-10H2,1H3. The predicted octanol–water partition coefficient (Wildman–Crippen LogP) is 3.22. The van der Waals surface area contributed by atoms with Gasteiger partial charge < -0.3 is 9.84 Å². The zero-order chi connectivity index (χ0) is 21.0. The van der Waals surface area contributed by atoms with E-state index in [1.165, 1.54) is 29.3 Å². The highest BCUT2D eigenvalue weighted by Crippen LogP contribution is 2.55. The topological polar surface area (TPSA) is 83.0 Å². The van der Waals surface area contributed by atoms with Crippen molar-refractivity contribution in [2.45, 2.75) is 31.9 Å². The molecule has 2 unspecified atom stereocenters. The molecule has 1 N–H and O–H groups in total. The number of aliphatic hydroxyl groups is 1. The van der Waals surface area contributed by atoms with Crippen molar-refractivity contribution < 1.29 is 32.6 Å². The molecule has 1 aromatic heterocycles. The number of amides is 3. The number of rotatable bonds is 4. The number of pyridine rings is 1. The molecular weight excluding hydrogens is 391 g/mol. The average molecular weight is 407 g/mol. The number of anilines is 2. The summed E-state index contributed by atoms with van der Waals surface area (Å²) >= 11 is 0. The molecule has 1 saturated carbocycles. The van der Waals surface area contributed by atoms with Crippen LogP contribution in [0.5, 0.6) is 5.75 Å². The Hall–Kier alpha value is -3.14. The summed E-state index contributed by atoms with van der Waals surface area (Å²) < 4.78 is 40.9. The van der Waals surface area contributed by atoms with Gasteiger partial charge in [0, 0.05) is 6.20 Å². The van der Waals surface area contributed by atoms with Crippen LogP contribution >= 0.6 is 0 Å². The molecule has 10 heteroatoms. The van der Waals surface area contributed by atoms with Gasteiger partial charge in [0.05, 0.1) is 23.7 Å². The van der Waals surface area contributed by atoms with Crippen molar-refractivity contribution in [3.05, 3.63) is 48.3 Å². The van der Waals surface area contributed by atoms with E-state index in [0.29, 0.717) is 17.8 Å². The van der Waals surface area contributed by atoms with E-state index < -0.39 is 29.6 Å². The van der Waals surface area contributed by atoms with Crippen LogP contribution in [0.15, 0.2) is 42.6 Å². The van der Waals surface area contributed by atoms with Crippen molar-refractivity contribution in [2.75, 3.05) is 9.80 Å². The molecule has 1 aromatic carbocycles. The van der Waals surface area contributed by atoms with Gasteiger partial charge in [-0.25, -0.2) is 9.69 Å². The molecule has 1 saturated heterocycles. The third-order valence-corrected chi connectivity index (χ3v) is 5.18. The summed E-state index contributed by atoms with van der Waals surface area (Å²) in [5.41, 5.74) is -0.136. The number of halogens is 3. The Bertz CT molecular complexity index is 979. The first-order chi connectivity index (χ1) is 13.7. The summed E-state index contributed by atoms with van der Waals surface area (Å²) in [6.07, 6.45) is -2.94. The SMILES string of the molecule is CC1CC12C(=O)N(c1ccc(OC(F)(F)F)cc1)C(=O)N2c1ccnc(CO)c1. The van der Waals surface area contributed by atoms with Crippen molar-refractivity contribution in [1.82, 2.24) is 4.98 Å². The first-order valence-electron chi connectivity index (χ1n) is 8.78. The Kier molecular flexibility index (Phi) is 4.26. The number of carbonyl (C=O) groups excluding carboxylic acids is 2. The van der Waals surface area contributed by atoms with Crippen molar-refractivity contribution in [3.63, 3.8) is 0 Å². The fourth-order valence-electron chi connectivity index (χ4n) is 3.72. The summed E-state index contributed by atoms with van der Waals surface area (Å²) in [4.78, 5) is 32.6. The highest BCUT2D eigenvalue weighted by Gasteiger charge is 2.70. The van der Waals surface area contributed by atoms with E-state index in [1.807, 2.05) is 6.92 Å². The van der Waals surface area contributed by atoms with Crippen molar-refractivity contribution >= 4 is 23.3 Å². The molecule has 2 aliphatic rings. The lowest BCUT2D eigenvalue weighted by molar-refractivity contribution is -0.274. The second-order valence-corrected chi connectivity index (χ2v) is 6.99. The summed E-state index contributed by atoms with van der Waals surface area (Å²) in [5.74, 6) is -0.988. The van der Waals surface area contributed by atoms with Crippen LogP contribution in [0.1, 0.15) is 19.0 Å². The van der Waals surface area contributed by atoms with Crippen LogP contribution in [-0.2, 0) is 11.4 Å². The lowest BCUT2D eigenvalue weighted by Crippen LogP contribution is -2.39. The zero-order valence-corrected chi connectivity index (χ0v) is 15.2. The Morgan fingerprint density at radius 2 is 1.86 bits per heavy atom. The lowest BCUT2D eigenvalue weighted by Gasteiger charge is -2.22. The van der Waals surface area contributed by atoms with Gasteiger partial charge in [-0.3, -0.25) is 14.7 Å². The van der Waals surface area contributed by atoms with Crippen LogP contribution in [0.4, 0.5) is 29.3 Å². The molecule has 1 aliphatic heterocycles. The van der Waals surface area contributed by atoms with Crippen molar-refractivity contribution in [3.8, 4) is 5.75 Å². The molecule has 3 amide bonds. The first kappa shape index (κ1) is 19.2. The molecular formula is C19H16F3N3O4. The van der Waals surface area contributed by atoms with Gasteiger partial charge in [-0.2, -0.15) is 0 Å². The van der Waals surface area contributed by atoms with E-state index in [0.717, 1.165) is 17.0 Å². The van der Waals surface area contributed by atoms with E-state index in [4.69, 9.17) is 0 Å². The van der Waals surface area contributed by atoms with E-state index in [9.17, 15) is 27.9 Å². The zero-order valence-electron chi connectivity index (χ0n) is 15.2. The van der Waals surface area contributed by atoms with Crippen molar-refractivity contribution in [2.24, 2.45) is 5.92 Å². The quantitative estimate of drug-likeness (QED) is 0.787. The second kappa shape index (κ2) is 6.45. The number of benzene rings is 1. The van der Waals surface area contributed by atoms with Crippen LogP contribution in [-0.4, -0.2) is 33.9 Å². The fraction of sp³-hybridized carbons (Fsp3) is 0.316. The van der Waals surface area contributed by atoms with Crippen LogP contribution in [0.25, 0.3) is 0 Å². The number of hydrogen-bond donors (Lipinski definition) is 1. The molecule has 152 valence electrons. The number of nitrogens with zero attached hydrogens (tertiary/aromatic N) is 3. The number of imide groups is 1. The molecule has 1 spiro atoms. The number of aromatic nitrogens is 1. The molecule has 4 rings (SSSR count). The largest absolute Gasteiger partial charge is 0.573 e. The van der Waals surface area contributed by atoms with Gasteiger partial charge in [-0.05, 0) is 48.7 Å². The van der Waals surface area contributed by atoms with Crippen LogP contribution in [0.2, 0.25) is 0 Å². The lowest BCUT2D eigenvalue weighted by atomic mass is 10.1. The number of urea groups is 1. The fourth-order valence-corrected chi connectivity index (χ4v) is 3.72. The molecule has 29 heavy (non-hydrogen) atoms. The smallest absolute Gasteiger partial charge is 0.406 e. The van der Waals surface area contributed by atoms with Gasteiger partial charge in [-0.15, -0.1) is 13.2 Å². The van der Waals surface area contributed by atoms with Crippen LogP contribution in [0, 0.1) is 5.92 Å². The summed E-state index contributed by atoms with van der Waals surface area (Å²) in [5, 5.41) is 9.32. The summed E-state index contributed by atoms with van der Waals surface area (Å²) in [6, 6.07) is 7.04. The Balaban J connectivity index is 1.69. The number of alkyl halides is 3. The van der Waals surface area contributed by atoms with Crippen LogP contribution in [0.3, 0.4) is 0 Å². The van der Waals surface area contributed by atoms with Crippen LogP contribution < -0.4 is 14.5 Å². The molecule has 2 heterocycles. The minimum atomic E-state index is -4.84. The Labute approximate surface area is 163 Å². The van der Waals surface area contributed by atoms with Gasteiger partial charge in [0.15, 0.2) is 0 Å². The molecule has 2 fully saturated rings. The van der Waals surface area contributed by atoms with E-state index in [2.05, 4.69) is 9.72 Å². The molecule has 0 radical (unpaired) electrons. The van der Waals surface area contributed by atoms with Gasteiger partial charge in [0.25, 0.3) is 5.91 Å².